The van der Waals surface area contributed by atoms with Gasteiger partial charge in [-0.15, -0.1) is 0 Å². The summed E-state index contributed by atoms with van der Waals surface area (Å²) in [5, 5.41) is 12.2. The summed E-state index contributed by atoms with van der Waals surface area (Å²) in [6.07, 6.45) is 1.89. The molecule has 1 N–H and O–H groups in total. The molecule has 0 radical (unpaired) electrons. The van der Waals surface area contributed by atoms with Gasteiger partial charge in [0.2, 0.25) is 0 Å². The Morgan fingerprint density at radius 1 is 1.32 bits per heavy atom. The summed E-state index contributed by atoms with van der Waals surface area (Å²) in [7, 11) is 1.96. The highest BCUT2D eigenvalue weighted by molar-refractivity contribution is 5.36. The maximum absolute atomic E-state index is 4.58. The van der Waals surface area contributed by atoms with Crippen LogP contribution in [0.2, 0.25) is 0 Å². The molecule has 0 aliphatic rings. The molecule has 2 heterocycles. The Hall–Kier alpha value is -1.78. The van der Waals surface area contributed by atoms with Crippen molar-refractivity contribution in [3.05, 3.63) is 29.2 Å². The van der Waals surface area contributed by atoms with Crippen molar-refractivity contribution in [3.63, 3.8) is 0 Å². The number of hydrogen-bond donors (Lipinski definition) is 1. The number of nitrogens with zero attached hydrogens (tertiary/aromatic N) is 4. The first-order valence-electron chi connectivity index (χ1n) is 6.73. The van der Waals surface area contributed by atoms with E-state index in [1.165, 1.54) is 17.0 Å². The highest BCUT2D eigenvalue weighted by atomic mass is 15.3. The van der Waals surface area contributed by atoms with Crippen molar-refractivity contribution in [1.82, 2.24) is 19.6 Å². The fraction of sp³-hybridized carbons (Fsp3) is 0.571. The van der Waals surface area contributed by atoms with Crippen LogP contribution in [0.4, 0.5) is 5.82 Å². The maximum atomic E-state index is 4.58. The van der Waals surface area contributed by atoms with Gasteiger partial charge in [-0.1, -0.05) is 13.8 Å². The van der Waals surface area contributed by atoms with E-state index in [1.807, 2.05) is 17.9 Å². The van der Waals surface area contributed by atoms with Gasteiger partial charge in [-0.25, -0.2) is 0 Å². The number of rotatable bonds is 5. The molecular weight excluding hydrogens is 238 g/mol. The lowest BCUT2D eigenvalue weighted by Gasteiger charge is -2.07. The molecule has 0 unspecified atom stereocenters. The number of hydrogen-bond acceptors (Lipinski definition) is 3. The first kappa shape index (κ1) is 13.6. The summed E-state index contributed by atoms with van der Waals surface area (Å²) < 4.78 is 3.96. The fourth-order valence-electron chi connectivity index (χ4n) is 2.13. The lowest BCUT2D eigenvalue weighted by Crippen LogP contribution is -2.09. The quantitative estimate of drug-likeness (QED) is 0.899. The van der Waals surface area contributed by atoms with E-state index in [9.17, 15) is 0 Å². The number of aryl methyl sites for hydroxylation is 3. The summed E-state index contributed by atoms with van der Waals surface area (Å²) in [6.45, 7) is 10.3. The van der Waals surface area contributed by atoms with Crippen LogP contribution in [0.3, 0.4) is 0 Å². The van der Waals surface area contributed by atoms with Gasteiger partial charge in [0.1, 0.15) is 5.82 Å². The first-order chi connectivity index (χ1) is 8.97. The molecule has 0 saturated carbocycles. The highest BCUT2D eigenvalue weighted by Gasteiger charge is 2.08. The zero-order chi connectivity index (χ0) is 14.0. The van der Waals surface area contributed by atoms with Gasteiger partial charge in [0.25, 0.3) is 0 Å². The molecular formula is C14H23N5. The Labute approximate surface area is 114 Å². The van der Waals surface area contributed by atoms with Crippen LogP contribution in [0.1, 0.15) is 30.8 Å². The van der Waals surface area contributed by atoms with Gasteiger partial charge in [-0.05, 0) is 25.3 Å². The zero-order valence-corrected chi connectivity index (χ0v) is 12.4. The minimum absolute atomic E-state index is 0.603. The number of nitrogens with one attached hydrogen (secondary N) is 1. The third-order valence-corrected chi connectivity index (χ3v) is 3.23. The van der Waals surface area contributed by atoms with Crippen LogP contribution >= 0.6 is 0 Å². The van der Waals surface area contributed by atoms with E-state index in [0.717, 1.165) is 18.9 Å². The molecule has 0 spiro atoms. The van der Waals surface area contributed by atoms with E-state index in [1.54, 1.807) is 0 Å². The van der Waals surface area contributed by atoms with E-state index >= 15 is 0 Å². The number of aromatic nitrogens is 4. The van der Waals surface area contributed by atoms with Crippen molar-refractivity contribution < 1.29 is 0 Å². The molecule has 0 aromatic carbocycles. The molecule has 0 saturated heterocycles. The smallest absolute Gasteiger partial charge is 0.148 e. The highest BCUT2D eigenvalue weighted by Crippen LogP contribution is 2.13. The van der Waals surface area contributed by atoms with Crippen molar-refractivity contribution in [3.8, 4) is 0 Å². The van der Waals surface area contributed by atoms with E-state index < -0.39 is 0 Å². The molecule has 2 aromatic rings. The second-order valence-corrected chi connectivity index (χ2v) is 5.50. The first-order valence-corrected chi connectivity index (χ1v) is 6.73. The lowest BCUT2D eigenvalue weighted by molar-refractivity contribution is 0.475. The second-order valence-electron chi connectivity index (χ2n) is 5.50. The summed E-state index contributed by atoms with van der Waals surface area (Å²) in [6, 6.07) is 2.09. The number of anilines is 1. The van der Waals surface area contributed by atoms with Crippen LogP contribution in [-0.4, -0.2) is 19.6 Å². The largest absolute Gasteiger partial charge is 0.363 e. The SMILES string of the molecule is Cc1cnn(C)c1CNc1cc(C)n(CC(C)C)n1. The molecule has 2 aromatic heterocycles. The average Bonchev–Trinajstić information content (AvgIpc) is 2.81. The average molecular weight is 261 g/mol. The molecule has 0 atom stereocenters. The van der Waals surface area contributed by atoms with Crippen LogP contribution in [0.25, 0.3) is 0 Å². The van der Waals surface area contributed by atoms with Crippen LogP contribution < -0.4 is 5.32 Å². The van der Waals surface area contributed by atoms with E-state index in [4.69, 9.17) is 0 Å². The summed E-state index contributed by atoms with van der Waals surface area (Å²) in [5.74, 6) is 1.53. The van der Waals surface area contributed by atoms with E-state index in [2.05, 4.69) is 54.0 Å². The lowest BCUT2D eigenvalue weighted by atomic mass is 10.2. The topological polar surface area (TPSA) is 47.7 Å². The van der Waals surface area contributed by atoms with Crippen LogP contribution in [0.5, 0.6) is 0 Å². The molecule has 104 valence electrons. The van der Waals surface area contributed by atoms with Crippen molar-refractivity contribution in [2.75, 3.05) is 5.32 Å². The minimum Gasteiger partial charge on any atom is -0.363 e. The van der Waals surface area contributed by atoms with Gasteiger partial charge in [0.15, 0.2) is 0 Å². The maximum Gasteiger partial charge on any atom is 0.148 e. The molecule has 0 amide bonds. The van der Waals surface area contributed by atoms with Crippen molar-refractivity contribution in [1.29, 1.82) is 0 Å². The molecule has 2 rings (SSSR count). The van der Waals surface area contributed by atoms with Crippen LogP contribution in [0.15, 0.2) is 12.3 Å². The molecule has 0 bridgehead atoms. The van der Waals surface area contributed by atoms with E-state index in [0.29, 0.717) is 5.92 Å². The van der Waals surface area contributed by atoms with Gasteiger partial charge in [0, 0.05) is 25.4 Å². The Morgan fingerprint density at radius 3 is 2.63 bits per heavy atom. The normalized spacial score (nSPS) is 11.3. The fourth-order valence-corrected chi connectivity index (χ4v) is 2.13. The summed E-state index contributed by atoms with van der Waals surface area (Å²) >= 11 is 0. The summed E-state index contributed by atoms with van der Waals surface area (Å²) in [5.41, 5.74) is 3.59. The van der Waals surface area contributed by atoms with Crippen LogP contribution in [0, 0.1) is 19.8 Å². The van der Waals surface area contributed by atoms with Gasteiger partial charge in [-0.2, -0.15) is 10.2 Å². The predicted octanol–water partition coefficient (Wildman–Crippen LogP) is 2.50. The molecule has 19 heavy (non-hydrogen) atoms. The van der Waals surface area contributed by atoms with Crippen LogP contribution in [-0.2, 0) is 20.1 Å². The van der Waals surface area contributed by atoms with Gasteiger partial charge in [-0.3, -0.25) is 9.36 Å². The van der Waals surface area contributed by atoms with Crippen molar-refractivity contribution in [2.24, 2.45) is 13.0 Å². The Bertz CT molecular complexity index is 531. The predicted molar refractivity (Wildman–Crippen MR) is 77.1 cm³/mol. The minimum atomic E-state index is 0.603. The Balaban J connectivity index is 2.04. The molecule has 0 fully saturated rings. The second kappa shape index (κ2) is 5.47. The molecule has 0 aliphatic carbocycles. The van der Waals surface area contributed by atoms with Gasteiger partial charge < -0.3 is 5.32 Å². The third-order valence-electron chi connectivity index (χ3n) is 3.23. The van der Waals surface area contributed by atoms with E-state index in [-0.39, 0.29) is 0 Å². The zero-order valence-electron chi connectivity index (χ0n) is 12.4. The molecule has 0 aliphatic heterocycles. The van der Waals surface area contributed by atoms with Crippen molar-refractivity contribution in [2.45, 2.75) is 40.8 Å². The monoisotopic (exact) mass is 261 g/mol. The van der Waals surface area contributed by atoms with Gasteiger partial charge in [0.05, 0.1) is 18.4 Å². The standard InChI is InChI=1S/C14H23N5/c1-10(2)9-19-12(4)6-14(17-19)15-8-13-11(3)7-16-18(13)5/h6-7,10H,8-9H2,1-5H3,(H,15,17). The third kappa shape index (κ3) is 3.16. The summed E-state index contributed by atoms with van der Waals surface area (Å²) in [4.78, 5) is 0. The van der Waals surface area contributed by atoms with Crippen molar-refractivity contribution >= 4 is 5.82 Å². The Morgan fingerprint density at radius 2 is 2.05 bits per heavy atom. The Kier molecular flexibility index (Phi) is 3.93. The molecule has 5 heteroatoms. The van der Waals surface area contributed by atoms with Gasteiger partial charge >= 0.3 is 0 Å². The molecule has 5 nitrogen and oxygen atoms in total.